The summed E-state index contributed by atoms with van der Waals surface area (Å²) in [6.45, 7) is 12.2. The normalized spacial score (nSPS) is 21.7. The molecular weight excluding hydrogens is 1320 g/mol. The third-order valence-electron chi connectivity index (χ3n) is 18.6. The number of anilines is 2. The van der Waals surface area contributed by atoms with Gasteiger partial charge in [0.05, 0.1) is 27.7 Å². The molecule has 0 unspecified atom stereocenters. The Morgan fingerprint density at radius 2 is 1.51 bits per heavy atom. The van der Waals surface area contributed by atoms with Crippen LogP contribution in [0.15, 0.2) is 95.7 Å². The van der Waals surface area contributed by atoms with E-state index in [9.17, 15) is 62.3 Å². The number of hydrogen-bond acceptors (Lipinski definition) is 15. The number of carbonyl (C=O) groups excluding carboxylic acids is 10. The highest BCUT2D eigenvalue weighted by molar-refractivity contribution is 7.46. The lowest BCUT2D eigenvalue weighted by Crippen LogP contribution is -2.72. The molecule has 1 saturated heterocycles. The molecule has 2 aromatic carbocycles. The number of rotatable bonds is 29. The number of imide groups is 1. The average Bonchev–Trinajstić information content (AvgIpc) is 1.46. The highest BCUT2D eigenvalue weighted by atomic mass is 35.5. The summed E-state index contributed by atoms with van der Waals surface area (Å²) < 4.78 is 28.3. The van der Waals surface area contributed by atoms with Crippen LogP contribution in [0.2, 0.25) is 0 Å². The molecule has 28 nitrogen and oxygen atoms in total. The minimum absolute atomic E-state index is 0.0208. The van der Waals surface area contributed by atoms with Crippen LogP contribution in [0, 0.1) is 29.6 Å². The van der Waals surface area contributed by atoms with E-state index in [1.807, 2.05) is 20.0 Å². The fraction of sp³-hybridized carbons (Fsp3) is 0.485. The van der Waals surface area contributed by atoms with Crippen LogP contribution >= 0.6 is 31.0 Å². The number of ether oxygens (including phenoxy) is 2. The van der Waals surface area contributed by atoms with Gasteiger partial charge in [-0.15, -0.1) is 23.2 Å². The molecule has 10 rings (SSSR count). The van der Waals surface area contributed by atoms with Crippen molar-refractivity contribution in [2.45, 2.75) is 110 Å². The Labute approximate surface area is 570 Å². The van der Waals surface area contributed by atoms with Crippen LogP contribution in [-0.4, -0.2) is 178 Å². The minimum atomic E-state index is -4.99. The van der Waals surface area contributed by atoms with E-state index in [0.717, 1.165) is 38.1 Å². The number of aromatic nitrogens is 1. The molecule has 31 heteroatoms. The largest absolute Gasteiger partial charge is 0.524 e. The predicted molar refractivity (Wildman–Crippen MR) is 359 cm³/mol. The number of nitrogens with two attached hydrogens (primary N) is 1. The maximum Gasteiger partial charge on any atom is 0.524 e. The van der Waals surface area contributed by atoms with Crippen molar-refractivity contribution in [1.82, 2.24) is 45.9 Å². The number of alkyl halides is 2. The van der Waals surface area contributed by atoms with E-state index in [-0.39, 0.29) is 155 Å². The molecule has 2 bridgehead atoms. The first-order chi connectivity index (χ1) is 46.0. The van der Waals surface area contributed by atoms with Gasteiger partial charge in [-0.3, -0.25) is 48.2 Å². The van der Waals surface area contributed by atoms with Crippen molar-refractivity contribution >= 4 is 113 Å². The van der Waals surface area contributed by atoms with Gasteiger partial charge in [-0.25, -0.2) is 18.9 Å². The third-order valence-corrected chi connectivity index (χ3v) is 19.8. The molecule has 5 heterocycles. The van der Waals surface area contributed by atoms with E-state index >= 15 is 0 Å². The second-order valence-electron chi connectivity index (χ2n) is 26.0. The first kappa shape index (κ1) is 72.6. The summed E-state index contributed by atoms with van der Waals surface area (Å²) in [4.78, 5) is 162. The van der Waals surface area contributed by atoms with Crippen LogP contribution in [0.1, 0.15) is 101 Å². The van der Waals surface area contributed by atoms with Crippen molar-refractivity contribution in [2.24, 2.45) is 28.4 Å². The van der Waals surface area contributed by atoms with Gasteiger partial charge in [-0.05, 0) is 116 Å². The number of allylic oxidation sites excluding steroid dienone is 2. The lowest BCUT2D eigenvalue weighted by Gasteiger charge is -2.69. The second kappa shape index (κ2) is 30.4. The number of phosphoric acid groups is 1. The molecule has 4 fully saturated rings. The number of primary amides is 1. The van der Waals surface area contributed by atoms with Crippen LogP contribution < -0.4 is 42.0 Å². The number of benzene rings is 2. The zero-order valence-electron chi connectivity index (χ0n) is 54.9. The molecule has 11 amide bonds. The van der Waals surface area contributed by atoms with Gasteiger partial charge < -0.3 is 70.9 Å². The molecule has 3 saturated carbocycles. The molecule has 3 aliphatic carbocycles. The van der Waals surface area contributed by atoms with Crippen LogP contribution in [0.5, 0.6) is 5.75 Å². The Balaban J connectivity index is 0.769. The summed E-state index contributed by atoms with van der Waals surface area (Å²) in [7, 11) is -1.97. The molecule has 10 N–H and O–H groups in total. The number of halogens is 2. The first-order valence-electron chi connectivity index (χ1n) is 32.0. The highest BCUT2D eigenvalue weighted by Crippen LogP contribution is 2.75. The van der Waals surface area contributed by atoms with Crippen LogP contribution in [0.25, 0.3) is 10.9 Å². The zero-order valence-corrected chi connectivity index (χ0v) is 57.3. The van der Waals surface area contributed by atoms with Gasteiger partial charge in [0.15, 0.2) is 5.75 Å². The maximum absolute atomic E-state index is 15.0. The van der Waals surface area contributed by atoms with E-state index < -0.39 is 60.8 Å². The minimum Gasteiger partial charge on any atom is -0.445 e. The van der Waals surface area contributed by atoms with Crippen molar-refractivity contribution in [2.75, 3.05) is 81.9 Å². The van der Waals surface area contributed by atoms with E-state index in [1.54, 1.807) is 60.2 Å². The number of likely N-dealkylation sites (tertiary alicyclic amines) is 1. The molecule has 1 aromatic heterocycles. The van der Waals surface area contributed by atoms with Crippen LogP contribution in [-0.2, 0) is 54.0 Å². The predicted octanol–water partition coefficient (Wildman–Crippen LogP) is 6.52. The number of carbonyl (C=O) groups is 10. The fourth-order valence-corrected chi connectivity index (χ4v) is 14.4. The summed E-state index contributed by atoms with van der Waals surface area (Å²) in [5.74, 6) is -3.57. The number of aromatic amines is 1. The smallest absolute Gasteiger partial charge is 0.445 e. The Bertz CT molecular complexity index is 3800. The number of urea groups is 1. The van der Waals surface area contributed by atoms with Crippen LogP contribution in [0.3, 0.4) is 0 Å². The number of H-pyrrole nitrogens is 1. The lowest BCUT2D eigenvalue weighted by atomic mass is 9.34. The molecule has 0 spiro atoms. The number of fused-ring (bicyclic) bond motifs is 3. The molecule has 4 aliphatic heterocycles. The molecule has 0 radical (unpaired) electrons. The van der Waals surface area contributed by atoms with Gasteiger partial charge >= 0.3 is 26.0 Å². The molecule has 522 valence electrons. The Kier molecular flexibility index (Phi) is 22.7. The summed E-state index contributed by atoms with van der Waals surface area (Å²) in [5, 5.41) is 14.7. The molecule has 7 aliphatic rings. The van der Waals surface area contributed by atoms with Gasteiger partial charge in [0.1, 0.15) is 24.4 Å². The molecule has 97 heavy (non-hydrogen) atoms. The number of nitrogens with one attached hydrogen (secondary N) is 6. The Hall–Kier alpha value is -8.69. The van der Waals surface area contributed by atoms with Crippen molar-refractivity contribution in [3.8, 4) is 5.75 Å². The number of phosphoric ester groups is 1. The van der Waals surface area contributed by atoms with Gasteiger partial charge in [0.2, 0.25) is 29.5 Å². The molecule has 4 atom stereocenters. The highest BCUT2D eigenvalue weighted by Gasteiger charge is 2.76. The number of likely N-dealkylation sites (N-methyl/N-ethyl adjacent to an activating group) is 2. The number of aryl methyl sites for hydroxylation is 1. The van der Waals surface area contributed by atoms with E-state index in [0.29, 0.717) is 54.0 Å². The van der Waals surface area contributed by atoms with E-state index in [1.165, 1.54) is 42.1 Å². The number of unbranched alkanes of at least 4 members (excludes halogenated alkanes) is 2. The topological polar surface area (TPSA) is 374 Å². The zero-order chi connectivity index (χ0) is 70.4. The lowest BCUT2D eigenvalue weighted by molar-refractivity contribution is -0.212. The van der Waals surface area contributed by atoms with Crippen molar-refractivity contribution in [1.29, 1.82) is 0 Å². The third kappa shape index (κ3) is 16.3. The summed E-state index contributed by atoms with van der Waals surface area (Å²) in [6, 6.07) is 5.23. The van der Waals surface area contributed by atoms with Crippen LogP contribution in [0.4, 0.5) is 25.8 Å². The van der Waals surface area contributed by atoms with E-state index in [2.05, 4.69) is 38.1 Å². The van der Waals surface area contributed by atoms with E-state index in [4.69, 9.17) is 42.9 Å². The molecule has 3 aromatic rings. The van der Waals surface area contributed by atoms with Crippen molar-refractivity contribution < 1.29 is 76.3 Å². The molecular formula is C66H83Cl2N12O16P. The van der Waals surface area contributed by atoms with Crippen molar-refractivity contribution in [3.05, 3.63) is 112 Å². The number of amides is 11. The maximum atomic E-state index is 15.0. The Morgan fingerprint density at radius 1 is 0.866 bits per heavy atom. The Morgan fingerprint density at radius 3 is 2.11 bits per heavy atom. The SMILES string of the molecule is C=C(C=C1/C(=C2\CNC=C2C)[C@H](CCl)CN1C(=O)C12CC(C(=O)N3C[C@@H](CCl)c4c3cc(OC(=O)N(C)CCN(C)C(=O)OCc3ccc(NC(=O)[C@H](CCCNC(N)=O)NC(=O)[C@@H](NC(=O)CCCCCN5C(=O)C=CC5=O)C(C)C)cc3)c3[nH]cc(C)c43)(C1)C2)OP(=O)(O)O. The van der Waals surface area contributed by atoms with Gasteiger partial charge in [0.25, 0.3) is 11.8 Å². The van der Waals surface area contributed by atoms with Gasteiger partial charge in [-0.1, -0.05) is 39.0 Å². The van der Waals surface area contributed by atoms with Gasteiger partial charge in [-0.2, -0.15) is 0 Å². The summed E-state index contributed by atoms with van der Waals surface area (Å²) in [5.41, 5.74) is 10.0. The fourth-order valence-electron chi connectivity index (χ4n) is 13.6. The standard InChI is InChI=1S/C66H83Cl2N12O16P/c1-37(2)56(75-50(81)13-9-8-10-21-78-51(82)18-19-52(78)83)59(85)74-46(12-11-20-71-62(69)88)58(84)73-44-16-14-41(15-17-44)33-94-63(89)76(6)22-23-77(7)64(90)95-49-25-48-55(53-39(4)29-72-57(49)53)43(27-68)32-80(48)61(87)66-34-65(35-66,36-66)60(86)79-31-42(26-67)54(45-30-70-28-38(45)3)47(79)24-40(5)96-97(91,92)93/h14-19,24-25,28-29,37,42-43,46,56,70,72H,5,8-13,20-23,26-27,30-36H2,1-4,6-7H3,(H,73,84)(H,74,85)(H,75,81)(H3,69,71,88)(H2,91,92,93)/b47-24?,54-45+/t42-,43-,46+,56+,65?,66?/m1/s1. The number of hydrogen-bond donors (Lipinski definition) is 9. The quantitative estimate of drug-likeness (QED) is 0.0117. The first-order valence-corrected chi connectivity index (χ1v) is 34.6. The monoisotopic (exact) mass is 1400 g/mol. The average molecular weight is 1400 g/mol. The van der Waals surface area contributed by atoms with Crippen molar-refractivity contribution in [3.63, 3.8) is 0 Å². The number of nitrogens with zero attached hydrogens (tertiary/aromatic N) is 5. The summed E-state index contributed by atoms with van der Waals surface area (Å²) in [6.07, 6.45) is 8.67. The second-order valence-corrected chi connectivity index (χ2v) is 27.8. The summed E-state index contributed by atoms with van der Waals surface area (Å²) >= 11 is 13.2. The van der Waals surface area contributed by atoms with Gasteiger partial charge in [0, 0.05) is 131 Å².